The van der Waals surface area contributed by atoms with Crippen LogP contribution in [-0.4, -0.2) is 47.3 Å². The van der Waals surface area contributed by atoms with Gasteiger partial charge in [-0.05, 0) is 62.5 Å². The average Bonchev–Trinajstić information content (AvgIpc) is 2.82. The predicted octanol–water partition coefficient (Wildman–Crippen LogP) is 6.20. The zero-order valence-corrected chi connectivity index (χ0v) is 22.3. The van der Waals surface area contributed by atoms with Crippen molar-refractivity contribution in [3.05, 3.63) is 35.8 Å². The number of rotatable bonds is 11. The third-order valence-corrected chi connectivity index (χ3v) is 7.71. The maximum absolute atomic E-state index is 12.4. The van der Waals surface area contributed by atoms with Crippen molar-refractivity contribution >= 4 is 11.7 Å². The molecular weight excluding hydrogens is 454 g/mol. The Labute approximate surface area is 215 Å². The molecule has 2 fully saturated rings. The molecule has 0 aromatic carbocycles. The summed E-state index contributed by atoms with van der Waals surface area (Å²) < 4.78 is 11.9. The van der Waals surface area contributed by atoms with E-state index >= 15 is 0 Å². The number of piperidine rings is 1. The Morgan fingerprint density at radius 3 is 2.53 bits per heavy atom. The zero-order chi connectivity index (χ0) is 25.7. The zero-order valence-electron chi connectivity index (χ0n) is 22.3. The highest BCUT2D eigenvalue weighted by Crippen LogP contribution is 2.42. The summed E-state index contributed by atoms with van der Waals surface area (Å²) in [5.41, 5.74) is 4.08. The van der Waals surface area contributed by atoms with Gasteiger partial charge in [0.15, 0.2) is 6.10 Å². The molecule has 4 rings (SSSR count). The van der Waals surface area contributed by atoms with Gasteiger partial charge in [-0.15, -0.1) is 0 Å². The minimum Gasteiger partial charge on any atom is -0.492 e. The quantitative estimate of drug-likeness (QED) is 0.372. The van der Waals surface area contributed by atoms with Crippen molar-refractivity contribution in [2.24, 2.45) is 11.3 Å². The number of aryl methyl sites for hydroxylation is 1. The van der Waals surface area contributed by atoms with Crippen LogP contribution in [0.4, 0.5) is 5.69 Å². The number of carbonyl (C=O) groups is 1. The number of anilines is 1. The molecule has 0 spiro atoms. The molecule has 7 heteroatoms. The second kappa shape index (κ2) is 11.6. The summed E-state index contributed by atoms with van der Waals surface area (Å²) in [7, 11) is 0. The summed E-state index contributed by atoms with van der Waals surface area (Å²) in [6.07, 6.45) is 10.1. The van der Waals surface area contributed by atoms with Crippen LogP contribution >= 0.6 is 0 Å². The molecule has 0 radical (unpaired) electrons. The molecule has 1 aliphatic carbocycles. The SMILES string of the molecule is CCCCO[C@H](C(=O)O)c1c(C)ncc(-c2ccc(OCC3CCC3)cn2)c1N1CCC(C)(C)CC1. The summed E-state index contributed by atoms with van der Waals surface area (Å²) in [5, 5.41) is 10.2. The van der Waals surface area contributed by atoms with E-state index in [9.17, 15) is 9.90 Å². The van der Waals surface area contributed by atoms with E-state index in [1.54, 1.807) is 6.20 Å². The lowest BCUT2D eigenvalue weighted by atomic mass is 9.82. The molecule has 7 nitrogen and oxygen atoms in total. The van der Waals surface area contributed by atoms with Gasteiger partial charge in [0.1, 0.15) is 5.75 Å². The molecule has 196 valence electrons. The van der Waals surface area contributed by atoms with Crippen LogP contribution in [0.1, 0.15) is 83.1 Å². The first-order valence-electron chi connectivity index (χ1n) is 13.5. The number of pyridine rings is 2. The van der Waals surface area contributed by atoms with Crippen LogP contribution < -0.4 is 9.64 Å². The standard InChI is InChI=1S/C29H41N3O4/c1-5-6-16-35-27(28(33)34)25-20(2)30-18-23(26(25)32-14-12-29(3,4)13-15-32)24-11-10-22(17-31-24)36-19-21-8-7-9-21/h10-11,17-18,21,27H,5-9,12-16,19H2,1-4H3,(H,33,34)/t27-/m0/s1. The summed E-state index contributed by atoms with van der Waals surface area (Å²) in [6, 6.07) is 3.91. The van der Waals surface area contributed by atoms with Crippen LogP contribution in [0.5, 0.6) is 5.75 Å². The molecule has 2 aliphatic rings. The van der Waals surface area contributed by atoms with E-state index in [1.165, 1.54) is 19.3 Å². The monoisotopic (exact) mass is 495 g/mol. The maximum atomic E-state index is 12.4. The van der Waals surface area contributed by atoms with E-state index < -0.39 is 12.1 Å². The predicted molar refractivity (Wildman–Crippen MR) is 142 cm³/mol. The fourth-order valence-corrected chi connectivity index (χ4v) is 4.91. The van der Waals surface area contributed by atoms with Crippen LogP contribution in [0.3, 0.4) is 0 Å². The van der Waals surface area contributed by atoms with Gasteiger partial charge in [-0.3, -0.25) is 9.97 Å². The molecule has 1 aliphatic heterocycles. The van der Waals surface area contributed by atoms with Gasteiger partial charge < -0.3 is 19.5 Å². The van der Waals surface area contributed by atoms with Crippen molar-refractivity contribution in [1.29, 1.82) is 0 Å². The first-order valence-corrected chi connectivity index (χ1v) is 13.5. The van der Waals surface area contributed by atoms with E-state index in [0.717, 1.165) is 68.1 Å². The molecular formula is C29H41N3O4. The number of carboxylic acid groups (broad SMARTS) is 1. The molecule has 0 amide bonds. The largest absolute Gasteiger partial charge is 0.492 e. The van der Waals surface area contributed by atoms with Gasteiger partial charge in [0, 0.05) is 42.7 Å². The first-order chi connectivity index (χ1) is 17.3. The van der Waals surface area contributed by atoms with Crippen molar-refractivity contribution in [2.45, 2.75) is 78.7 Å². The first kappa shape index (κ1) is 26.4. The second-order valence-corrected chi connectivity index (χ2v) is 11.1. The molecule has 0 unspecified atom stereocenters. The molecule has 36 heavy (non-hydrogen) atoms. The molecule has 3 heterocycles. The van der Waals surface area contributed by atoms with Gasteiger partial charge in [0.05, 0.1) is 24.2 Å². The smallest absolute Gasteiger partial charge is 0.337 e. The van der Waals surface area contributed by atoms with E-state index in [1.807, 2.05) is 25.3 Å². The maximum Gasteiger partial charge on any atom is 0.337 e. The van der Waals surface area contributed by atoms with Crippen molar-refractivity contribution < 1.29 is 19.4 Å². The second-order valence-electron chi connectivity index (χ2n) is 11.1. The van der Waals surface area contributed by atoms with Crippen LogP contribution in [0.15, 0.2) is 24.5 Å². The van der Waals surface area contributed by atoms with Gasteiger partial charge in [-0.1, -0.05) is 33.6 Å². The van der Waals surface area contributed by atoms with Crippen molar-refractivity contribution in [3.8, 4) is 17.0 Å². The number of aromatic nitrogens is 2. The average molecular weight is 496 g/mol. The lowest BCUT2D eigenvalue weighted by Crippen LogP contribution is -2.39. The Kier molecular flexibility index (Phi) is 8.50. The fourth-order valence-electron chi connectivity index (χ4n) is 4.91. The van der Waals surface area contributed by atoms with Crippen LogP contribution in [0.25, 0.3) is 11.3 Å². The topological polar surface area (TPSA) is 84.8 Å². The third kappa shape index (κ3) is 6.17. The van der Waals surface area contributed by atoms with Gasteiger partial charge in [-0.25, -0.2) is 4.79 Å². The number of ether oxygens (including phenoxy) is 2. The van der Waals surface area contributed by atoms with Crippen LogP contribution in [0, 0.1) is 18.3 Å². The lowest BCUT2D eigenvalue weighted by Gasteiger charge is -2.40. The number of nitrogens with zero attached hydrogens (tertiary/aromatic N) is 3. The normalized spacial score (nSPS) is 18.5. The van der Waals surface area contributed by atoms with Gasteiger partial charge >= 0.3 is 5.97 Å². The van der Waals surface area contributed by atoms with Gasteiger partial charge in [0.25, 0.3) is 0 Å². The number of aliphatic carboxylic acids is 1. The molecule has 1 saturated carbocycles. The van der Waals surface area contributed by atoms with Crippen LogP contribution in [-0.2, 0) is 9.53 Å². The number of unbranched alkanes of at least 4 members (excludes halogenated alkanes) is 1. The van der Waals surface area contributed by atoms with Crippen molar-refractivity contribution in [1.82, 2.24) is 9.97 Å². The van der Waals surface area contributed by atoms with Crippen LogP contribution in [0.2, 0.25) is 0 Å². The van der Waals surface area contributed by atoms with E-state index in [2.05, 4.69) is 30.7 Å². The molecule has 0 bridgehead atoms. The van der Waals surface area contributed by atoms with Crippen molar-refractivity contribution in [3.63, 3.8) is 0 Å². The molecule has 1 N–H and O–H groups in total. The summed E-state index contributed by atoms with van der Waals surface area (Å²) in [4.78, 5) is 24.1. The molecule has 2 aromatic heterocycles. The Bertz CT molecular complexity index is 1020. The number of hydrogen-bond donors (Lipinski definition) is 1. The summed E-state index contributed by atoms with van der Waals surface area (Å²) in [6.45, 7) is 11.4. The summed E-state index contributed by atoms with van der Waals surface area (Å²) in [5.74, 6) is 0.433. The Balaban J connectivity index is 1.71. The lowest BCUT2D eigenvalue weighted by molar-refractivity contribution is -0.151. The molecule has 1 atom stereocenters. The van der Waals surface area contributed by atoms with Gasteiger partial charge in [-0.2, -0.15) is 0 Å². The van der Waals surface area contributed by atoms with E-state index in [4.69, 9.17) is 14.5 Å². The number of hydrogen-bond acceptors (Lipinski definition) is 6. The highest BCUT2D eigenvalue weighted by Gasteiger charge is 2.34. The molecule has 2 aromatic rings. The van der Waals surface area contributed by atoms with E-state index in [0.29, 0.717) is 23.8 Å². The van der Waals surface area contributed by atoms with Crippen molar-refractivity contribution in [2.75, 3.05) is 31.2 Å². The highest BCUT2D eigenvalue weighted by molar-refractivity contribution is 5.85. The Morgan fingerprint density at radius 2 is 1.94 bits per heavy atom. The number of carboxylic acids is 1. The summed E-state index contributed by atoms with van der Waals surface area (Å²) >= 11 is 0. The Morgan fingerprint density at radius 1 is 1.19 bits per heavy atom. The third-order valence-electron chi connectivity index (χ3n) is 7.71. The highest BCUT2D eigenvalue weighted by atomic mass is 16.5. The molecule has 1 saturated heterocycles. The Hall–Kier alpha value is -2.67. The fraction of sp³-hybridized carbons (Fsp3) is 0.621. The van der Waals surface area contributed by atoms with Gasteiger partial charge in [0.2, 0.25) is 0 Å². The minimum absolute atomic E-state index is 0.264. The minimum atomic E-state index is -1.07. The van der Waals surface area contributed by atoms with E-state index in [-0.39, 0.29) is 5.41 Å².